The number of amides is 1. The Kier molecular flexibility index (Phi) is 4.48. The van der Waals surface area contributed by atoms with Crippen molar-refractivity contribution >= 4 is 11.7 Å². The summed E-state index contributed by atoms with van der Waals surface area (Å²) in [4.78, 5) is 27.7. The number of Topliss-reactive ketones (excluding diaryl/α,β-unsaturated/α-hetero) is 1. The molecule has 27 heavy (non-hydrogen) atoms. The van der Waals surface area contributed by atoms with Crippen LogP contribution in [0.15, 0.2) is 36.4 Å². The van der Waals surface area contributed by atoms with Gasteiger partial charge in [-0.1, -0.05) is 0 Å². The van der Waals surface area contributed by atoms with Crippen LogP contribution in [-0.2, 0) is 0 Å². The van der Waals surface area contributed by atoms with E-state index < -0.39 is 6.04 Å². The molecule has 0 radical (unpaired) electrons. The summed E-state index contributed by atoms with van der Waals surface area (Å²) < 4.78 is 15.9. The van der Waals surface area contributed by atoms with Crippen molar-refractivity contribution in [3.8, 4) is 17.2 Å². The van der Waals surface area contributed by atoms with Crippen LogP contribution < -0.4 is 14.2 Å². The van der Waals surface area contributed by atoms with Crippen LogP contribution in [0.3, 0.4) is 0 Å². The smallest absolute Gasteiger partial charge is 0.254 e. The van der Waals surface area contributed by atoms with Gasteiger partial charge in [-0.15, -0.1) is 0 Å². The predicted molar refractivity (Wildman–Crippen MR) is 98.7 cm³/mol. The van der Waals surface area contributed by atoms with Gasteiger partial charge in [0.05, 0.1) is 13.2 Å². The van der Waals surface area contributed by atoms with E-state index in [1.165, 1.54) is 0 Å². The third-order valence-corrected chi connectivity index (χ3v) is 5.12. The maximum atomic E-state index is 13.1. The summed E-state index contributed by atoms with van der Waals surface area (Å²) in [6, 6.07) is 10.1. The van der Waals surface area contributed by atoms with Crippen LogP contribution in [0.4, 0.5) is 0 Å². The molecule has 2 aliphatic rings. The number of ketones is 1. The van der Waals surface area contributed by atoms with Gasteiger partial charge in [-0.3, -0.25) is 9.59 Å². The van der Waals surface area contributed by atoms with Crippen molar-refractivity contribution < 1.29 is 23.8 Å². The van der Waals surface area contributed by atoms with Crippen molar-refractivity contribution in [2.75, 3.05) is 20.4 Å². The van der Waals surface area contributed by atoms with E-state index in [9.17, 15) is 9.59 Å². The average molecular weight is 367 g/mol. The van der Waals surface area contributed by atoms with Gasteiger partial charge in [0, 0.05) is 17.7 Å². The minimum atomic E-state index is -0.448. The first kappa shape index (κ1) is 17.4. The van der Waals surface area contributed by atoms with E-state index in [1.54, 1.807) is 42.3 Å². The highest BCUT2D eigenvalue weighted by Crippen LogP contribution is 2.34. The first-order valence-electron chi connectivity index (χ1n) is 8.98. The van der Waals surface area contributed by atoms with E-state index in [0.29, 0.717) is 35.6 Å². The van der Waals surface area contributed by atoms with Gasteiger partial charge in [0.2, 0.25) is 6.79 Å². The molecule has 0 saturated carbocycles. The second-order valence-electron chi connectivity index (χ2n) is 6.77. The molecule has 0 bridgehead atoms. The zero-order chi connectivity index (χ0) is 19.0. The van der Waals surface area contributed by atoms with Crippen LogP contribution in [-0.4, -0.2) is 43.1 Å². The van der Waals surface area contributed by atoms with E-state index in [4.69, 9.17) is 14.2 Å². The second kappa shape index (κ2) is 6.95. The van der Waals surface area contributed by atoms with Gasteiger partial charge in [0.15, 0.2) is 17.3 Å². The monoisotopic (exact) mass is 367 g/mol. The number of hydrogen-bond donors (Lipinski definition) is 0. The minimum absolute atomic E-state index is 0.0349. The number of likely N-dealkylation sites (tertiary alicyclic amines) is 1. The Hall–Kier alpha value is -3.02. The normalized spacial score (nSPS) is 17.9. The Morgan fingerprint density at radius 3 is 2.63 bits per heavy atom. The van der Waals surface area contributed by atoms with Crippen LogP contribution in [0.5, 0.6) is 17.2 Å². The molecule has 1 fully saturated rings. The summed E-state index contributed by atoms with van der Waals surface area (Å²) in [6.45, 7) is 2.63. The van der Waals surface area contributed by atoms with Crippen molar-refractivity contribution in [3.05, 3.63) is 53.1 Å². The van der Waals surface area contributed by atoms with Crippen LogP contribution in [0, 0.1) is 6.92 Å². The topological polar surface area (TPSA) is 65.1 Å². The van der Waals surface area contributed by atoms with E-state index in [0.717, 1.165) is 17.7 Å². The lowest BCUT2D eigenvalue weighted by Crippen LogP contribution is -2.40. The number of benzene rings is 2. The van der Waals surface area contributed by atoms with Gasteiger partial charge in [-0.25, -0.2) is 0 Å². The van der Waals surface area contributed by atoms with Gasteiger partial charge in [-0.2, -0.15) is 0 Å². The summed E-state index contributed by atoms with van der Waals surface area (Å²) in [6.07, 6.45) is 1.47. The highest BCUT2D eigenvalue weighted by Gasteiger charge is 2.35. The molecule has 2 aliphatic heterocycles. The standard InChI is InChI=1S/C21H21NO5/c1-13-10-14(5-7-17(13)25-2)20(23)16-4-3-9-22(16)21(24)15-6-8-18-19(11-15)27-12-26-18/h5-8,10-11,16H,3-4,9,12H2,1-2H3. The van der Waals surface area contributed by atoms with Gasteiger partial charge in [-0.05, 0) is 61.7 Å². The maximum Gasteiger partial charge on any atom is 0.254 e. The fourth-order valence-electron chi connectivity index (χ4n) is 3.70. The SMILES string of the molecule is COc1ccc(C(=O)C2CCCN2C(=O)c2ccc3c(c2)OCO3)cc1C. The average Bonchev–Trinajstić information content (AvgIpc) is 3.35. The van der Waals surface area contributed by atoms with Gasteiger partial charge >= 0.3 is 0 Å². The molecule has 0 aromatic heterocycles. The number of methoxy groups -OCH3 is 1. The Balaban J connectivity index is 1.57. The second-order valence-corrected chi connectivity index (χ2v) is 6.77. The number of nitrogens with zero attached hydrogens (tertiary/aromatic N) is 1. The highest BCUT2D eigenvalue weighted by atomic mass is 16.7. The number of rotatable bonds is 4. The Bertz CT molecular complexity index is 907. The molecule has 4 rings (SSSR count). The first-order chi connectivity index (χ1) is 13.1. The molecule has 1 atom stereocenters. The number of ether oxygens (including phenoxy) is 3. The van der Waals surface area contributed by atoms with Gasteiger partial charge < -0.3 is 19.1 Å². The molecule has 0 aliphatic carbocycles. The molecule has 1 saturated heterocycles. The molecule has 2 heterocycles. The molecular weight excluding hydrogens is 346 g/mol. The lowest BCUT2D eigenvalue weighted by Gasteiger charge is -2.24. The van der Waals surface area contributed by atoms with E-state index in [1.807, 2.05) is 13.0 Å². The fourth-order valence-corrected chi connectivity index (χ4v) is 3.70. The summed E-state index contributed by atoms with van der Waals surface area (Å²) >= 11 is 0. The molecule has 6 heteroatoms. The summed E-state index contributed by atoms with van der Waals surface area (Å²) in [5.74, 6) is 1.75. The zero-order valence-corrected chi connectivity index (χ0v) is 15.4. The summed E-state index contributed by atoms with van der Waals surface area (Å²) in [5, 5.41) is 0. The van der Waals surface area contributed by atoms with Crippen LogP contribution >= 0.6 is 0 Å². The van der Waals surface area contributed by atoms with E-state index >= 15 is 0 Å². The first-order valence-corrected chi connectivity index (χ1v) is 8.98. The summed E-state index contributed by atoms with van der Waals surface area (Å²) in [5.41, 5.74) is 2.00. The predicted octanol–water partition coefficient (Wildman–Crippen LogP) is 3.22. The lowest BCUT2D eigenvalue weighted by molar-refractivity contribution is 0.0671. The number of hydrogen-bond acceptors (Lipinski definition) is 5. The van der Waals surface area contributed by atoms with Crippen molar-refractivity contribution in [1.29, 1.82) is 0 Å². The van der Waals surface area contributed by atoms with E-state index in [2.05, 4.69) is 0 Å². The number of carbonyl (C=O) groups excluding carboxylic acids is 2. The maximum absolute atomic E-state index is 13.1. The van der Waals surface area contributed by atoms with Crippen molar-refractivity contribution in [3.63, 3.8) is 0 Å². The fraction of sp³-hybridized carbons (Fsp3) is 0.333. The molecule has 140 valence electrons. The van der Waals surface area contributed by atoms with Crippen molar-refractivity contribution in [2.24, 2.45) is 0 Å². The van der Waals surface area contributed by atoms with Crippen LogP contribution in [0.25, 0.3) is 0 Å². The number of aryl methyl sites for hydroxylation is 1. The zero-order valence-electron chi connectivity index (χ0n) is 15.4. The molecule has 2 aromatic rings. The number of carbonyl (C=O) groups is 2. The quantitative estimate of drug-likeness (QED) is 0.777. The third kappa shape index (κ3) is 3.12. The Morgan fingerprint density at radius 2 is 1.85 bits per heavy atom. The molecule has 0 spiro atoms. The van der Waals surface area contributed by atoms with Gasteiger partial charge in [0.25, 0.3) is 5.91 Å². The van der Waals surface area contributed by atoms with E-state index in [-0.39, 0.29) is 18.5 Å². The third-order valence-electron chi connectivity index (χ3n) is 5.12. The summed E-state index contributed by atoms with van der Waals surface area (Å²) in [7, 11) is 1.60. The minimum Gasteiger partial charge on any atom is -0.496 e. The van der Waals surface area contributed by atoms with Crippen molar-refractivity contribution in [2.45, 2.75) is 25.8 Å². The number of fused-ring (bicyclic) bond motifs is 1. The van der Waals surface area contributed by atoms with Gasteiger partial charge in [0.1, 0.15) is 5.75 Å². The molecular formula is C21H21NO5. The van der Waals surface area contributed by atoms with Crippen LogP contribution in [0.2, 0.25) is 0 Å². The lowest BCUT2D eigenvalue weighted by atomic mass is 9.99. The molecule has 2 aromatic carbocycles. The van der Waals surface area contributed by atoms with Crippen LogP contribution in [0.1, 0.15) is 39.1 Å². The molecule has 1 unspecified atom stereocenters. The highest BCUT2D eigenvalue weighted by molar-refractivity contribution is 6.05. The molecule has 0 N–H and O–H groups in total. The molecule has 1 amide bonds. The van der Waals surface area contributed by atoms with Crippen molar-refractivity contribution in [1.82, 2.24) is 4.90 Å². The molecule has 6 nitrogen and oxygen atoms in total. The Morgan fingerprint density at radius 1 is 1.07 bits per heavy atom. The largest absolute Gasteiger partial charge is 0.496 e. The Labute approximate surface area is 157 Å².